The van der Waals surface area contributed by atoms with Crippen molar-refractivity contribution in [1.82, 2.24) is 0 Å². The van der Waals surface area contributed by atoms with Crippen LogP contribution in [0.4, 0.5) is 5.69 Å². The molecular formula is C15H18N2O3. The maximum Gasteiger partial charge on any atom is 0.227 e. The monoisotopic (exact) mass is 274 g/mol. The van der Waals surface area contributed by atoms with Gasteiger partial charge in [-0.15, -0.1) is 0 Å². The first-order chi connectivity index (χ1) is 9.69. The highest BCUT2D eigenvalue weighted by Crippen LogP contribution is 2.38. The molecule has 0 saturated heterocycles. The number of amides is 1. The van der Waals surface area contributed by atoms with Gasteiger partial charge in [0.2, 0.25) is 5.91 Å². The Kier molecular flexibility index (Phi) is 4.59. The standard InChI is InChI=1S/C15H18N2O3/c1-19-15(7-4-8-15)11-14(18)17-12-5-2-3-6-13(12)20-10-9-16/h2-3,5-6H,4,7-8,10-11H2,1H3,(H,17,18). The minimum Gasteiger partial charge on any atom is -0.477 e. The summed E-state index contributed by atoms with van der Waals surface area (Å²) in [5, 5.41) is 11.4. The lowest BCUT2D eigenvalue weighted by Crippen LogP contribution is -2.42. The van der Waals surface area contributed by atoms with Gasteiger partial charge in [-0.1, -0.05) is 12.1 Å². The summed E-state index contributed by atoms with van der Waals surface area (Å²) in [6.07, 6.45) is 3.28. The van der Waals surface area contributed by atoms with E-state index in [9.17, 15) is 4.79 Å². The molecule has 1 aliphatic carbocycles. The summed E-state index contributed by atoms with van der Waals surface area (Å²) in [5.41, 5.74) is 0.283. The fourth-order valence-corrected chi connectivity index (χ4v) is 2.32. The molecular weight excluding hydrogens is 256 g/mol. The van der Waals surface area contributed by atoms with Gasteiger partial charge in [-0.25, -0.2) is 0 Å². The molecule has 20 heavy (non-hydrogen) atoms. The first-order valence-electron chi connectivity index (χ1n) is 6.63. The number of hydrogen-bond acceptors (Lipinski definition) is 4. The van der Waals surface area contributed by atoms with E-state index < -0.39 is 0 Å². The highest BCUT2D eigenvalue weighted by Gasteiger charge is 2.39. The van der Waals surface area contributed by atoms with Gasteiger partial charge in [0.15, 0.2) is 6.61 Å². The van der Waals surface area contributed by atoms with E-state index in [1.807, 2.05) is 12.1 Å². The van der Waals surface area contributed by atoms with E-state index in [1.165, 1.54) is 0 Å². The predicted molar refractivity (Wildman–Crippen MR) is 74.4 cm³/mol. The number of carbonyl (C=O) groups is 1. The summed E-state index contributed by atoms with van der Waals surface area (Å²) in [6.45, 7) is -0.0467. The van der Waals surface area contributed by atoms with Crippen molar-refractivity contribution in [2.45, 2.75) is 31.3 Å². The number of rotatable bonds is 6. The molecule has 0 aliphatic heterocycles. The Bertz CT molecular complexity index is 513. The molecule has 0 bridgehead atoms. The van der Waals surface area contributed by atoms with Crippen LogP contribution in [-0.4, -0.2) is 25.2 Å². The number of carbonyl (C=O) groups excluding carboxylic acids is 1. The number of hydrogen-bond donors (Lipinski definition) is 1. The second kappa shape index (κ2) is 6.40. The Balaban J connectivity index is 1.99. The van der Waals surface area contributed by atoms with Gasteiger partial charge in [0.05, 0.1) is 17.7 Å². The Hall–Kier alpha value is -2.06. The lowest BCUT2D eigenvalue weighted by atomic mass is 9.77. The first-order valence-corrected chi connectivity index (χ1v) is 6.63. The van der Waals surface area contributed by atoms with E-state index in [1.54, 1.807) is 25.3 Å². The Morgan fingerprint density at radius 1 is 1.45 bits per heavy atom. The predicted octanol–water partition coefficient (Wildman–Crippen LogP) is 2.49. The number of anilines is 1. The van der Waals surface area contributed by atoms with Crippen LogP contribution in [0.3, 0.4) is 0 Å². The summed E-state index contributed by atoms with van der Waals surface area (Å²) in [7, 11) is 1.65. The molecule has 5 heteroatoms. The van der Waals surface area contributed by atoms with Crippen LogP contribution >= 0.6 is 0 Å². The molecule has 0 atom stereocenters. The third-order valence-corrected chi connectivity index (χ3v) is 3.63. The summed E-state index contributed by atoms with van der Waals surface area (Å²) < 4.78 is 10.7. The summed E-state index contributed by atoms with van der Waals surface area (Å²) in [4.78, 5) is 12.1. The van der Waals surface area contributed by atoms with Crippen LogP contribution in [0.25, 0.3) is 0 Å². The van der Waals surface area contributed by atoms with Crippen molar-refractivity contribution in [1.29, 1.82) is 5.26 Å². The number of para-hydroxylation sites is 2. The van der Waals surface area contributed by atoms with Gasteiger partial charge >= 0.3 is 0 Å². The molecule has 0 heterocycles. The number of nitriles is 1. The van der Waals surface area contributed by atoms with Crippen LogP contribution in [0.2, 0.25) is 0 Å². The molecule has 1 N–H and O–H groups in total. The molecule has 5 nitrogen and oxygen atoms in total. The first kappa shape index (κ1) is 14.4. The zero-order chi connectivity index (χ0) is 14.4. The van der Waals surface area contributed by atoms with Gasteiger partial charge in [-0.3, -0.25) is 4.79 Å². The van der Waals surface area contributed by atoms with E-state index in [0.29, 0.717) is 17.9 Å². The van der Waals surface area contributed by atoms with E-state index in [2.05, 4.69) is 5.32 Å². The van der Waals surface area contributed by atoms with Gasteiger partial charge in [-0.05, 0) is 31.4 Å². The van der Waals surface area contributed by atoms with Crippen molar-refractivity contribution < 1.29 is 14.3 Å². The average Bonchev–Trinajstić information content (AvgIpc) is 2.42. The van der Waals surface area contributed by atoms with Crippen LogP contribution in [0.15, 0.2) is 24.3 Å². The molecule has 0 unspecified atom stereocenters. The molecule has 1 saturated carbocycles. The highest BCUT2D eigenvalue weighted by molar-refractivity contribution is 5.93. The summed E-state index contributed by atoms with van der Waals surface area (Å²) in [5.74, 6) is 0.405. The molecule has 1 aromatic rings. The Morgan fingerprint density at radius 3 is 2.80 bits per heavy atom. The van der Waals surface area contributed by atoms with Crippen LogP contribution in [0, 0.1) is 11.3 Å². The molecule has 1 aromatic carbocycles. The SMILES string of the molecule is COC1(CC(=O)Nc2ccccc2OCC#N)CCC1. The maximum atomic E-state index is 12.1. The van der Waals surface area contributed by atoms with Crippen molar-refractivity contribution in [3.05, 3.63) is 24.3 Å². The molecule has 1 amide bonds. The molecule has 2 rings (SSSR count). The fraction of sp³-hybridized carbons (Fsp3) is 0.467. The van der Waals surface area contributed by atoms with Crippen molar-refractivity contribution in [3.8, 4) is 11.8 Å². The van der Waals surface area contributed by atoms with Crippen LogP contribution in [0.1, 0.15) is 25.7 Å². The summed E-state index contributed by atoms with van der Waals surface area (Å²) >= 11 is 0. The highest BCUT2D eigenvalue weighted by atomic mass is 16.5. The fourth-order valence-electron chi connectivity index (χ4n) is 2.32. The molecule has 0 spiro atoms. The quantitative estimate of drug-likeness (QED) is 0.865. The summed E-state index contributed by atoms with van der Waals surface area (Å²) in [6, 6.07) is 8.99. The molecule has 0 aromatic heterocycles. The average molecular weight is 274 g/mol. The van der Waals surface area contributed by atoms with Gasteiger partial charge in [0.1, 0.15) is 11.8 Å². The van der Waals surface area contributed by atoms with Crippen molar-refractivity contribution in [3.63, 3.8) is 0 Å². The van der Waals surface area contributed by atoms with E-state index in [4.69, 9.17) is 14.7 Å². The molecule has 1 fully saturated rings. The van der Waals surface area contributed by atoms with Crippen molar-refractivity contribution >= 4 is 11.6 Å². The molecule has 0 radical (unpaired) electrons. The third kappa shape index (κ3) is 3.28. The van der Waals surface area contributed by atoms with Gasteiger partial charge in [0.25, 0.3) is 0 Å². The van der Waals surface area contributed by atoms with E-state index >= 15 is 0 Å². The van der Waals surface area contributed by atoms with Gasteiger partial charge in [0, 0.05) is 7.11 Å². The van der Waals surface area contributed by atoms with Crippen molar-refractivity contribution in [2.24, 2.45) is 0 Å². The zero-order valence-electron chi connectivity index (χ0n) is 11.5. The zero-order valence-corrected chi connectivity index (χ0v) is 11.5. The smallest absolute Gasteiger partial charge is 0.227 e. The largest absolute Gasteiger partial charge is 0.477 e. The number of ether oxygens (including phenoxy) is 2. The van der Waals surface area contributed by atoms with E-state index in [-0.39, 0.29) is 18.1 Å². The van der Waals surface area contributed by atoms with Crippen LogP contribution < -0.4 is 10.1 Å². The lowest BCUT2D eigenvalue weighted by Gasteiger charge is -2.39. The van der Waals surface area contributed by atoms with Crippen molar-refractivity contribution in [2.75, 3.05) is 19.0 Å². The minimum absolute atomic E-state index is 0.0467. The second-order valence-corrected chi connectivity index (χ2v) is 4.91. The van der Waals surface area contributed by atoms with Crippen LogP contribution in [-0.2, 0) is 9.53 Å². The van der Waals surface area contributed by atoms with Gasteiger partial charge < -0.3 is 14.8 Å². The Morgan fingerprint density at radius 2 is 2.20 bits per heavy atom. The minimum atomic E-state index is -0.299. The second-order valence-electron chi connectivity index (χ2n) is 4.91. The normalized spacial score (nSPS) is 15.8. The number of nitrogens with one attached hydrogen (secondary N) is 1. The van der Waals surface area contributed by atoms with Gasteiger partial charge in [-0.2, -0.15) is 5.26 Å². The van der Waals surface area contributed by atoms with E-state index in [0.717, 1.165) is 19.3 Å². The number of nitrogens with zero attached hydrogens (tertiary/aromatic N) is 1. The van der Waals surface area contributed by atoms with Crippen LogP contribution in [0.5, 0.6) is 5.75 Å². The maximum absolute atomic E-state index is 12.1. The number of methoxy groups -OCH3 is 1. The number of benzene rings is 1. The third-order valence-electron chi connectivity index (χ3n) is 3.63. The molecule has 106 valence electrons. The Labute approximate surface area is 118 Å². The lowest BCUT2D eigenvalue weighted by molar-refractivity contribution is -0.129. The topological polar surface area (TPSA) is 71.3 Å². The molecule has 1 aliphatic rings.